The van der Waals surface area contributed by atoms with Crippen molar-refractivity contribution in [2.24, 2.45) is 0 Å². The van der Waals surface area contributed by atoms with Crippen LogP contribution in [0.1, 0.15) is 16.8 Å². The second kappa shape index (κ2) is 9.07. The molecule has 6 nitrogen and oxygen atoms in total. The van der Waals surface area contributed by atoms with Crippen LogP contribution in [0.25, 0.3) is 0 Å². The molecule has 140 valence electrons. The molecule has 0 radical (unpaired) electrons. The molecule has 0 spiro atoms. The minimum atomic E-state index is -1.24. The van der Waals surface area contributed by atoms with Crippen LogP contribution in [-0.2, 0) is 9.47 Å². The summed E-state index contributed by atoms with van der Waals surface area (Å²) >= 11 is 0. The van der Waals surface area contributed by atoms with Crippen molar-refractivity contribution >= 4 is 5.91 Å². The Labute approximate surface area is 146 Å². The predicted octanol–water partition coefficient (Wildman–Crippen LogP) is 1.44. The van der Waals surface area contributed by atoms with E-state index in [-0.39, 0.29) is 24.0 Å². The van der Waals surface area contributed by atoms with Crippen molar-refractivity contribution in [2.45, 2.75) is 18.6 Å². The summed E-state index contributed by atoms with van der Waals surface area (Å²) < 4.78 is 43.7. The van der Waals surface area contributed by atoms with E-state index in [9.17, 15) is 13.6 Å². The van der Waals surface area contributed by atoms with E-state index in [1.807, 2.05) is 19.0 Å². The molecular formula is C17H24F2N2O4. The summed E-state index contributed by atoms with van der Waals surface area (Å²) in [6.07, 6.45) is 0.390. The third-order valence-electron chi connectivity index (χ3n) is 3.99. The normalized spacial score (nSPS) is 20.6. The number of nitrogens with zero attached hydrogens (tertiary/aromatic N) is 1. The molecule has 2 rings (SSSR count). The van der Waals surface area contributed by atoms with Crippen LogP contribution >= 0.6 is 0 Å². The summed E-state index contributed by atoms with van der Waals surface area (Å²) in [7, 11) is 5.10. The van der Waals surface area contributed by atoms with Gasteiger partial charge in [0.25, 0.3) is 5.91 Å². The SMILES string of the molecule is COc1ccc(C(=O)N[C@@H]2COCC[C@@H]2OCCN(C)C)c(F)c1F. The summed E-state index contributed by atoms with van der Waals surface area (Å²) in [5, 5.41) is 2.68. The highest BCUT2D eigenvalue weighted by atomic mass is 19.2. The molecule has 1 amide bonds. The minimum absolute atomic E-state index is 0.233. The Morgan fingerprint density at radius 1 is 1.36 bits per heavy atom. The van der Waals surface area contributed by atoms with Crippen LogP contribution in [0.2, 0.25) is 0 Å². The number of carbonyl (C=O) groups excluding carboxylic acids is 1. The zero-order chi connectivity index (χ0) is 18.4. The second-order valence-electron chi connectivity index (χ2n) is 6.10. The molecular weight excluding hydrogens is 334 g/mol. The lowest BCUT2D eigenvalue weighted by atomic mass is 10.1. The zero-order valence-electron chi connectivity index (χ0n) is 14.7. The topological polar surface area (TPSA) is 60.0 Å². The Balaban J connectivity index is 2.03. The number of amides is 1. The van der Waals surface area contributed by atoms with E-state index in [2.05, 4.69) is 5.32 Å². The highest BCUT2D eigenvalue weighted by Gasteiger charge is 2.29. The van der Waals surface area contributed by atoms with Gasteiger partial charge in [-0.1, -0.05) is 0 Å². The van der Waals surface area contributed by atoms with Crippen molar-refractivity contribution in [3.05, 3.63) is 29.3 Å². The number of hydrogen-bond acceptors (Lipinski definition) is 5. The Morgan fingerprint density at radius 2 is 2.12 bits per heavy atom. The number of benzene rings is 1. The number of rotatable bonds is 7. The van der Waals surface area contributed by atoms with Crippen molar-refractivity contribution in [3.8, 4) is 5.75 Å². The fraction of sp³-hybridized carbons (Fsp3) is 0.588. The van der Waals surface area contributed by atoms with Gasteiger partial charge in [-0.2, -0.15) is 4.39 Å². The van der Waals surface area contributed by atoms with Crippen LogP contribution in [0.3, 0.4) is 0 Å². The molecule has 1 N–H and O–H groups in total. The number of ether oxygens (including phenoxy) is 3. The van der Waals surface area contributed by atoms with Gasteiger partial charge < -0.3 is 24.4 Å². The van der Waals surface area contributed by atoms with Gasteiger partial charge in [0.05, 0.1) is 38.0 Å². The lowest BCUT2D eigenvalue weighted by molar-refractivity contribution is -0.0562. The van der Waals surface area contributed by atoms with Crippen molar-refractivity contribution in [3.63, 3.8) is 0 Å². The molecule has 25 heavy (non-hydrogen) atoms. The van der Waals surface area contributed by atoms with Gasteiger partial charge in [-0.15, -0.1) is 0 Å². The van der Waals surface area contributed by atoms with E-state index in [1.54, 1.807) is 0 Å². The molecule has 1 fully saturated rings. The largest absolute Gasteiger partial charge is 0.494 e. The van der Waals surface area contributed by atoms with Gasteiger partial charge >= 0.3 is 0 Å². The zero-order valence-corrected chi connectivity index (χ0v) is 14.7. The smallest absolute Gasteiger partial charge is 0.254 e. The second-order valence-corrected chi connectivity index (χ2v) is 6.10. The Kier molecular flexibility index (Phi) is 7.10. The van der Waals surface area contributed by atoms with Crippen molar-refractivity contribution in [2.75, 3.05) is 47.6 Å². The molecule has 0 aliphatic carbocycles. The Bertz CT molecular complexity index is 598. The van der Waals surface area contributed by atoms with E-state index in [1.165, 1.54) is 19.2 Å². The molecule has 0 aromatic heterocycles. The quantitative estimate of drug-likeness (QED) is 0.799. The predicted molar refractivity (Wildman–Crippen MR) is 87.9 cm³/mol. The van der Waals surface area contributed by atoms with Crippen molar-refractivity contribution < 1.29 is 27.8 Å². The number of likely N-dealkylation sites (N-methyl/N-ethyl adjacent to an activating group) is 1. The fourth-order valence-corrected chi connectivity index (χ4v) is 2.55. The summed E-state index contributed by atoms with van der Waals surface area (Å²) in [6.45, 7) is 2.05. The van der Waals surface area contributed by atoms with E-state index >= 15 is 0 Å². The van der Waals surface area contributed by atoms with E-state index in [0.717, 1.165) is 6.54 Å². The van der Waals surface area contributed by atoms with E-state index in [0.29, 0.717) is 19.6 Å². The molecule has 0 bridgehead atoms. The van der Waals surface area contributed by atoms with Gasteiger partial charge in [0.15, 0.2) is 11.6 Å². The third-order valence-corrected chi connectivity index (χ3v) is 3.99. The lowest BCUT2D eigenvalue weighted by Crippen LogP contribution is -2.51. The first-order chi connectivity index (χ1) is 11.9. The fourth-order valence-electron chi connectivity index (χ4n) is 2.55. The number of methoxy groups -OCH3 is 1. The maximum absolute atomic E-state index is 14.1. The summed E-state index contributed by atoms with van der Waals surface area (Å²) in [4.78, 5) is 14.3. The molecule has 1 aromatic carbocycles. The van der Waals surface area contributed by atoms with E-state index in [4.69, 9.17) is 14.2 Å². The highest BCUT2D eigenvalue weighted by Crippen LogP contribution is 2.22. The molecule has 1 heterocycles. The maximum Gasteiger partial charge on any atom is 0.254 e. The van der Waals surface area contributed by atoms with Gasteiger partial charge in [-0.25, -0.2) is 4.39 Å². The molecule has 1 saturated heterocycles. The average molecular weight is 358 g/mol. The van der Waals surface area contributed by atoms with Gasteiger partial charge in [-0.05, 0) is 32.6 Å². The minimum Gasteiger partial charge on any atom is -0.494 e. The molecule has 1 aromatic rings. The number of carbonyl (C=O) groups is 1. The summed E-state index contributed by atoms with van der Waals surface area (Å²) in [6, 6.07) is 1.99. The van der Waals surface area contributed by atoms with Crippen molar-refractivity contribution in [1.29, 1.82) is 0 Å². The first-order valence-corrected chi connectivity index (χ1v) is 8.11. The molecule has 0 saturated carbocycles. The monoisotopic (exact) mass is 358 g/mol. The molecule has 1 aliphatic heterocycles. The van der Waals surface area contributed by atoms with Crippen LogP contribution in [-0.4, -0.2) is 70.5 Å². The number of halogens is 2. The molecule has 2 atom stereocenters. The molecule has 0 unspecified atom stereocenters. The highest BCUT2D eigenvalue weighted by molar-refractivity contribution is 5.94. The van der Waals surface area contributed by atoms with E-state index < -0.39 is 23.6 Å². The molecule has 8 heteroatoms. The van der Waals surface area contributed by atoms with Crippen LogP contribution in [0.4, 0.5) is 8.78 Å². The Morgan fingerprint density at radius 3 is 2.80 bits per heavy atom. The molecule has 1 aliphatic rings. The van der Waals surface area contributed by atoms with Gasteiger partial charge in [0.2, 0.25) is 5.82 Å². The Hall–Kier alpha value is -1.77. The summed E-state index contributed by atoms with van der Waals surface area (Å²) in [5.74, 6) is -3.39. The van der Waals surface area contributed by atoms with Crippen molar-refractivity contribution in [1.82, 2.24) is 10.2 Å². The average Bonchev–Trinajstić information content (AvgIpc) is 2.58. The standard InChI is InChI=1S/C17H24F2N2O4/c1-21(2)7-9-25-13-6-8-24-10-12(13)20-17(22)11-4-5-14(23-3)16(19)15(11)18/h4-5,12-13H,6-10H2,1-3H3,(H,20,22)/t12-,13+/m1/s1. The number of hydrogen-bond donors (Lipinski definition) is 1. The maximum atomic E-state index is 14.1. The van der Waals surface area contributed by atoms with Gasteiger partial charge in [0.1, 0.15) is 0 Å². The van der Waals surface area contributed by atoms with Crippen LogP contribution in [0, 0.1) is 11.6 Å². The summed E-state index contributed by atoms with van der Waals surface area (Å²) in [5.41, 5.74) is -0.379. The van der Waals surface area contributed by atoms with Gasteiger partial charge in [0, 0.05) is 13.2 Å². The third kappa shape index (κ3) is 5.10. The van der Waals surface area contributed by atoms with Crippen LogP contribution in [0.15, 0.2) is 12.1 Å². The number of nitrogens with one attached hydrogen (secondary N) is 1. The first kappa shape index (κ1) is 19.6. The van der Waals surface area contributed by atoms with Crippen LogP contribution in [0.5, 0.6) is 5.75 Å². The van der Waals surface area contributed by atoms with Gasteiger partial charge in [-0.3, -0.25) is 4.79 Å². The van der Waals surface area contributed by atoms with Crippen LogP contribution < -0.4 is 10.1 Å². The first-order valence-electron chi connectivity index (χ1n) is 8.11. The lowest BCUT2D eigenvalue weighted by Gasteiger charge is -2.32.